The first kappa shape index (κ1) is 10.4. The van der Waals surface area contributed by atoms with Crippen molar-refractivity contribution in [2.45, 2.75) is 13.0 Å². The molecule has 0 radical (unpaired) electrons. The molecule has 1 rings (SSSR count). The van der Waals surface area contributed by atoms with Gasteiger partial charge < -0.3 is 5.11 Å². The van der Waals surface area contributed by atoms with Crippen molar-refractivity contribution >= 4 is 15.9 Å². The van der Waals surface area contributed by atoms with Crippen LogP contribution < -0.4 is 0 Å². The molecule has 0 aliphatic rings. The van der Waals surface area contributed by atoms with E-state index in [1.54, 1.807) is 12.4 Å². The standard InChI is InChI=1S/C10H12BrNO/c1-7(8(2)11)10(13)9-4-3-5-12-6-9/h3-7,10,13H,2H2,1H3/t7-,10+/m1/s1. The lowest BCUT2D eigenvalue weighted by Gasteiger charge is -2.17. The number of pyridine rings is 1. The van der Waals surface area contributed by atoms with Gasteiger partial charge in [0.25, 0.3) is 0 Å². The van der Waals surface area contributed by atoms with Crippen LogP contribution in [0.3, 0.4) is 0 Å². The van der Waals surface area contributed by atoms with Crippen LogP contribution in [0.1, 0.15) is 18.6 Å². The first-order valence-corrected chi connectivity index (χ1v) is 4.84. The van der Waals surface area contributed by atoms with Crippen LogP contribution in [0.4, 0.5) is 0 Å². The molecule has 0 unspecified atom stereocenters. The van der Waals surface area contributed by atoms with Gasteiger partial charge in [-0.1, -0.05) is 35.5 Å². The molecule has 2 atom stereocenters. The van der Waals surface area contributed by atoms with E-state index >= 15 is 0 Å². The quantitative estimate of drug-likeness (QED) is 0.883. The van der Waals surface area contributed by atoms with Crippen LogP contribution in [-0.2, 0) is 0 Å². The van der Waals surface area contributed by atoms with E-state index in [0.717, 1.165) is 10.0 Å². The summed E-state index contributed by atoms with van der Waals surface area (Å²) < 4.78 is 0.795. The zero-order chi connectivity index (χ0) is 9.84. The van der Waals surface area contributed by atoms with E-state index in [2.05, 4.69) is 27.5 Å². The molecule has 1 aromatic heterocycles. The highest BCUT2D eigenvalue weighted by molar-refractivity contribution is 9.11. The van der Waals surface area contributed by atoms with Crippen LogP contribution in [0.2, 0.25) is 0 Å². The fourth-order valence-corrected chi connectivity index (χ4v) is 1.26. The summed E-state index contributed by atoms with van der Waals surface area (Å²) in [4.78, 5) is 3.94. The summed E-state index contributed by atoms with van der Waals surface area (Å²) in [6.45, 7) is 5.65. The maximum absolute atomic E-state index is 9.83. The van der Waals surface area contributed by atoms with Gasteiger partial charge in [0.2, 0.25) is 0 Å². The first-order valence-electron chi connectivity index (χ1n) is 4.05. The summed E-state index contributed by atoms with van der Waals surface area (Å²) >= 11 is 3.26. The number of rotatable bonds is 3. The minimum Gasteiger partial charge on any atom is -0.388 e. The van der Waals surface area contributed by atoms with Crippen LogP contribution in [0.5, 0.6) is 0 Å². The normalized spacial score (nSPS) is 15.0. The Bertz CT molecular complexity index is 286. The molecule has 1 N–H and O–H groups in total. The van der Waals surface area contributed by atoms with E-state index in [0.29, 0.717) is 0 Å². The number of nitrogens with zero attached hydrogens (tertiary/aromatic N) is 1. The average molecular weight is 242 g/mol. The lowest BCUT2D eigenvalue weighted by Crippen LogP contribution is -2.08. The van der Waals surface area contributed by atoms with Gasteiger partial charge in [-0.25, -0.2) is 0 Å². The van der Waals surface area contributed by atoms with Crippen molar-refractivity contribution in [3.05, 3.63) is 41.2 Å². The maximum Gasteiger partial charge on any atom is 0.0875 e. The molecule has 0 saturated heterocycles. The Balaban J connectivity index is 2.79. The zero-order valence-electron chi connectivity index (χ0n) is 7.44. The molecule has 0 fully saturated rings. The first-order chi connectivity index (χ1) is 6.13. The minimum atomic E-state index is -0.541. The van der Waals surface area contributed by atoms with Gasteiger partial charge in [0.1, 0.15) is 0 Å². The minimum absolute atomic E-state index is 0.0100. The molecule has 1 aromatic rings. The highest BCUT2D eigenvalue weighted by Gasteiger charge is 2.17. The lowest BCUT2D eigenvalue weighted by atomic mass is 9.99. The van der Waals surface area contributed by atoms with Crippen LogP contribution in [-0.4, -0.2) is 10.1 Å². The Morgan fingerprint density at radius 1 is 1.69 bits per heavy atom. The van der Waals surface area contributed by atoms with E-state index in [-0.39, 0.29) is 5.92 Å². The number of halogens is 1. The summed E-state index contributed by atoms with van der Waals surface area (Å²) in [5, 5.41) is 9.83. The largest absolute Gasteiger partial charge is 0.388 e. The third-order valence-corrected chi connectivity index (χ3v) is 2.72. The van der Waals surface area contributed by atoms with E-state index < -0.39 is 6.10 Å². The fraction of sp³-hybridized carbons (Fsp3) is 0.300. The van der Waals surface area contributed by atoms with E-state index in [1.807, 2.05) is 19.1 Å². The molecule has 0 aliphatic carbocycles. The molecule has 0 aromatic carbocycles. The third-order valence-electron chi connectivity index (χ3n) is 1.99. The molecule has 0 aliphatic heterocycles. The van der Waals surface area contributed by atoms with E-state index in [1.165, 1.54) is 0 Å². The predicted molar refractivity (Wildman–Crippen MR) is 56.4 cm³/mol. The fourth-order valence-electron chi connectivity index (χ4n) is 1.01. The molecular formula is C10H12BrNO. The van der Waals surface area contributed by atoms with Gasteiger partial charge in [0.05, 0.1) is 6.10 Å². The Hall–Kier alpha value is -0.670. The number of hydrogen-bond donors (Lipinski definition) is 1. The molecule has 0 bridgehead atoms. The summed E-state index contributed by atoms with van der Waals surface area (Å²) in [5.74, 6) is -0.0100. The van der Waals surface area contributed by atoms with Crippen LogP contribution >= 0.6 is 15.9 Å². The van der Waals surface area contributed by atoms with Gasteiger partial charge in [-0.05, 0) is 16.1 Å². The summed E-state index contributed by atoms with van der Waals surface area (Å²) in [6.07, 6.45) is 2.81. The second-order valence-corrected chi connectivity index (χ2v) is 3.99. The number of aliphatic hydroxyl groups is 1. The molecule has 0 amide bonds. The molecular weight excluding hydrogens is 230 g/mol. The molecule has 3 heteroatoms. The number of hydrogen-bond acceptors (Lipinski definition) is 2. The Kier molecular flexibility index (Phi) is 3.63. The van der Waals surface area contributed by atoms with Crippen LogP contribution in [0, 0.1) is 5.92 Å². The van der Waals surface area contributed by atoms with E-state index in [9.17, 15) is 5.11 Å². The van der Waals surface area contributed by atoms with Crippen molar-refractivity contribution in [1.29, 1.82) is 0 Å². The Morgan fingerprint density at radius 3 is 2.85 bits per heavy atom. The van der Waals surface area contributed by atoms with Crippen molar-refractivity contribution in [1.82, 2.24) is 4.98 Å². The monoisotopic (exact) mass is 241 g/mol. The van der Waals surface area contributed by atoms with Crippen LogP contribution in [0.25, 0.3) is 0 Å². The average Bonchev–Trinajstić information content (AvgIpc) is 2.17. The second-order valence-electron chi connectivity index (χ2n) is 2.97. The smallest absolute Gasteiger partial charge is 0.0875 e. The number of aromatic nitrogens is 1. The molecule has 70 valence electrons. The highest BCUT2D eigenvalue weighted by Crippen LogP contribution is 2.28. The van der Waals surface area contributed by atoms with Gasteiger partial charge in [-0.3, -0.25) is 4.98 Å². The molecule has 1 heterocycles. The Morgan fingerprint density at radius 2 is 2.38 bits per heavy atom. The highest BCUT2D eigenvalue weighted by atomic mass is 79.9. The predicted octanol–water partition coefficient (Wildman–Crippen LogP) is 2.66. The van der Waals surface area contributed by atoms with Crippen molar-refractivity contribution in [3.8, 4) is 0 Å². The Labute approximate surface area is 86.4 Å². The van der Waals surface area contributed by atoms with Crippen molar-refractivity contribution in [2.75, 3.05) is 0 Å². The SMILES string of the molecule is C=C(Br)[C@@H](C)[C@H](O)c1cccnc1. The van der Waals surface area contributed by atoms with E-state index in [4.69, 9.17) is 0 Å². The molecule has 0 saturated carbocycles. The van der Waals surface area contributed by atoms with Gasteiger partial charge >= 0.3 is 0 Å². The molecule has 0 spiro atoms. The summed E-state index contributed by atoms with van der Waals surface area (Å²) in [7, 11) is 0. The van der Waals surface area contributed by atoms with Gasteiger partial charge in [0.15, 0.2) is 0 Å². The lowest BCUT2D eigenvalue weighted by molar-refractivity contribution is 0.138. The molecule has 2 nitrogen and oxygen atoms in total. The van der Waals surface area contributed by atoms with Gasteiger partial charge in [-0.15, -0.1) is 0 Å². The zero-order valence-corrected chi connectivity index (χ0v) is 9.03. The summed E-state index contributed by atoms with van der Waals surface area (Å²) in [5.41, 5.74) is 0.815. The summed E-state index contributed by atoms with van der Waals surface area (Å²) in [6, 6.07) is 3.66. The second kappa shape index (κ2) is 4.53. The topological polar surface area (TPSA) is 33.1 Å². The molecule has 13 heavy (non-hydrogen) atoms. The third kappa shape index (κ3) is 2.64. The van der Waals surface area contributed by atoms with Crippen molar-refractivity contribution in [3.63, 3.8) is 0 Å². The van der Waals surface area contributed by atoms with Gasteiger partial charge in [0, 0.05) is 18.3 Å². The van der Waals surface area contributed by atoms with Crippen LogP contribution in [0.15, 0.2) is 35.6 Å². The maximum atomic E-state index is 9.83. The van der Waals surface area contributed by atoms with Crippen molar-refractivity contribution in [2.24, 2.45) is 5.92 Å². The van der Waals surface area contributed by atoms with Crippen molar-refractivity contribution < 1.29 is 5.11 Å². The number of aliphatic hydroxyl groups excluding tert-OH is 1. The van der Waals surface area contributed by atoms with Gasteiger partial charge in [-0.2, -0.15) is 0 Å².